The quantitative estimate of drug-likeness (QED) is 0.217. The van der Waals surface area contributed by atoms with Crippen LogP contribution < -0.4 is 0 Å². The Hall–Kier alpha value is -3.73. The van der Waals surface area contributed by atoms with Crippen LogP contribution in [-0.2, 0) is 4.79 Å². The predicted octanol–water partition coefficient (Wildman–Crippen LogP) is 7.06. The predicted molar refractivity (Wildman–Crippen MR) is 161 cm³/mol. The number of rotatable bonds is 8. The summed E-state index contributed by atoms with van der Waals surface area (Å²) in [7, 11) is 0. The number of nitrogens with zero attached hydrogens (tertiary/aromatic N) is 4. The molecule has 1 aliphatic rings. The van der Waals surface area contributed by atoms with Crippen molar-refractivity contribution < 1.29 is 4.79 Å². The molecule has 5 nitrogen and oxygen atoms in total. The van der Waals surface area contributed by atoms with Gasteiger partial charge in [-0.1, -0.05) is 80.1 Å². The first-order chi connectivity index (χ1) is 18.3. The summed E-state index contributed by atoms with van der Waals surface area (Å²) in [6.07, 6.45) is 7.84. The Morgan fingerprint density at radius 3 is 2.13 bits per heavy atom. The summed E-state index contributed by atoms with van der Waals surface area (Å²) in [6, 6.07) is 18.2. The number of aryl methyl sites for hydroxylation is 1. The van der Waals surface area contributed by atoms with Crippen LogP contribution in [0.1, 0.15) is 64.2 Å². The maximum Gasteiger partial charge on any atom is 0.273 e. The van der Waals surface area contributed by atoms with Crippen molar-refractivity contribution in [3.8, 4) is 0 Å². The molecule has 0 saturated carbocycles. The van der Waals surface area contributed by atoms with Gasteiger partial charge in [-0.2, -0.15) is 0 Å². The third-order valence-electron chi connectivity index (χ3n) is 7.12. The minimum Gasteiger partial charge on any atom is -0.357 e. The van der Waals surface area contributed by atoms with Crippen molar-refractivity contribution in [1.82, 2.24) is 9.80 Å². The lowest BCUT2D eigenvalue weighted by Crippen LogP contribution is -2.51. The van der Waals surface area contributed by atoms with Crippen LogP contribution in [0.25, 0.3) is 5.70 Å². The van der Waals surface area contributed by atoms with Gasteiger partial charge in [0.15, 0.2) is 0 Å². The first-order valence-corrected chi connectivity index (χ1v) is 13.7. The fourth-order valence-corrected chi connectivity index (χ4v) is 4.28. The van der Waals surface area contributed by atoms with E-state index in [0.717, 1.165) is 59.7 Å². The molecule has 0 N–H and O–H groups in total. The number of hydrogen-bond donors (Lipinski definition) is 0. The molecular formula is C33H42N4O. The van der Waals surface area contributed by atoms with Crippen molar-refractivity contribution in [3.63, 3.8) is 0 Å². The summed E-state index contributed by atoms with van der Waals surface area (Å²) in [6.45, 7) is 15.3. The summed E-state index contributed by atoms with van der Waals surface area (Å²) >= 11 is 0. The normalized spacial score (nSPS) is 16.2. The van der Waals surface area contributed by atoms with E-state index in [1.54, 1.807) is 0 Å². The van der Waals surface area contributed by atoms with Gasteiger partial charge in [-0.05, 0) is 57.7 Å². The molecule has 38 heavy (non-hydrogen) atoms. The summed E-state index contributed by atoms with van der Waals surface area (Å²) in [5.74, 6) is 0.947. The second kappa shape index (κ2) is 14.3. The number of benzene rings is 2. The molecule has 200 valence electrons. The van der Waals surface area contributed by atoms with E-state index in [4.69, 9.17) is 4.99 Å². The summed E-state index contributed by atoms with van der Waals surface area (Å²) in [4.78, 5) is 27.9. The molecule has 0 aromatic heterocycles. The third kappa shape index (κ3) is 7.64. The molecule has 0 spiro atoms. The smallest absolute Gasteiger partial charge is 0.273 e. The van der Waals surface area contributed by atoms with Gasteiger partial charge in [0.25, 0.3) is 5.91 Å². The molecule has 0 unspecified atom stereocenters. The summed E-state index contributed by atoms with van der Waals surface area (Å²) in [5, 5.41) is 0. The van der Waals surface area contributed by atoms with Gasteiger partial charge in [0.05, 0.1) is 5.70 Å². The second-order valence-electron chi connectivity index (χ2n) is 9.79. The lowest BCUT2D eigenvalue weighted by Gasteiger charge is -2.36. The van der Waals surface area contributed by atoms with E-state index in [9.17, 15) is 4.79 Å². The van der Waals surface area contributed by atoms with Crippen molar-refractivity contribution in [1.29, 1.82) is 0 Å². The Morgan fingerprint density at radius 2 is 1.50 bits per heavy atom. The van der Waals surface area contributed by atoms with Gasteiger partial charge < -0.3 is 9.80 Å². The fraction of sp³-hybridized carbons (Fsp3) is 0.364. The molecule has 0 atom stereocenters. The van der Waals surface area contributed by atoms with E-state index in [1.807, 2.05) is 73.5 Å². The lowest BCUT2D eigenvalue weighted by atomic mass is 10.0. The van der Waals surface area contributed by atoms with Crippen LogP contribution in [0.4, 0.5) is 0 Å². The van der Waals surface area contributed by atoms with Crippen molar-refractivity contribution in [2.24, 2.45) is 9.98 Å². The van der Waals surface area contributed by atoms with Crippen molar-refractivity contribution in [2.75, 3.05) is 26.2 Å². The highest BCUT2D eigenvalue weighted by atomic mass is 16.2. The molecule has 1 amide bonds. The van der Waals surface area contributed by atoms with Crippen LogP contribution in [0, 0.1) is 6.92 Å². The average molecular weight is 511 g/mol. The molecule has 0 aliphatic carbocycles. The van der Waals surface area contributed by atoms with E-state index in [2.05, 4.69) is 55.8 Å². The molecule has 3 rings (SSSR count). The van der Waals surface area contributed by atoms with Crippen LogP contribution in [0.3, 0.4) is 0 Å². The zero-order chi connectivity index (χ0) is 27.5. The average Bonchev–Trinajstić information content (AvgIpc) is 2.96. The fourth-order valence-electron chi connectivity index (χ4n) is 4.28. The molecule has 1 saturated heterocycles. The first kappa shape index (κ1) is 28.8. The topological polar surface area (TPSA) is 48.3 Å². The molecule has 1 aliphatic heterocycles. The number of amidine groups is 1. The van der Waals surface area contributed by atoms with Crippen LogP contribution in [-0.4, -0.2) is 53.4 Å². The van der Waals surface area contributed by atoms with Gasteiger partial charge in [0, 0.05) is 43.5 Å². The number of allylic oxidation sites excluding steroid dienone is 4. The Balaban J connectivity index is 1.87. The van der Waals surface area contributed by atoms with Crippen molar-refractivity contribution in [2.45, 2.75) is 54.4 Å². The Bertz CT molecular complexity index is 1240. The molecule has 0 bridgehead atoms. The highest BCUT2D eigenvalue weighted by molar-refractivity contribution is 6.46. The zero-order valence-electron chi connectivity index (χ0n) is 23.9. The Labute approximate surface area is 229 Å². The summed E-state index contributed by atoms with van der Waals surface area (Å²) < 4.78 is 0. The van der Waals surface area contributed by atoms with E-state index in [-0.39, 0.29) is 5.91 Å². The number of hydrogen-bond acceptors (Lipinski definition) is 3. The minimum atomic E-state index is -0.0223. The largest absolute Gasteiger partial charge is 0.357 e. The number of carbonyl (C=O) groups is 1. The highest BCUT2D eigenvalue weighted by Gasteiger charge is 2.27. The van der Waals surface area contributed by atoms with Gasteiger partial charge >= 0.3 is 0 Å². The first-order valence-electron chi connectivity index (χ1n) is 13.7. The zero-order valence-corrected chi connectivity index (χ0v) is 23.9. The van der Waals surface area contributed by atoms with Crippen LogP contribution in [0.2, 0.25) is 0 Å². The highest BCUT2D eigenvalue weighted by Crippen LogP contribution is 2.24. The van der Waals surface area contributed by atoms with E-state index >= 15 is 0 Å². The standard InChI is InChI=1S/C33H42N4O/c1-7-25(3)15-14-20-34-28(6)36-21-23-37(24-22-36)33(38)32(30-19-13-12-16-27(30)5)35-31(26(4)8-2)29-17-10-9-11-18-29/h9-20H,7-8,21-24H2,1-6H3. The maximum atomic E-state index is 14.0. The molecule has 5 heteroatoms. The van der Waals surface area contributed by atoms with Gasteiger partial charge in [0.1, 0.15) is 11.5 Å². The SMILES string of the molecule is CCC(C)=CC=CN=C(C)N1CCN(C(=O)C(=NC(=C(C)CC)c2ccccc2)c2ccccc2C)CC1. The third-order valence-corrected chi connectivity index (χ3v) is 7.12. The van der Waals surface area contributed by atoms with Crippen LogP contribution >= 0.6 is 0 Å². The van der Waals surface area contributed by atoms with Gasteiger partial charge in [-0.15, -0.1) is 0 Å². The molecule has 1 heterocycles. The Morgan fingerprint density at radius 1 is 0.868 bits per heavy atom. The summed E-state index contributed by atoms with van der Waals surface area (Å²) in [5.41, 5.74) is 6.82. The van der Waals surface area contributed by atoms with E-state index in [1.165, 1.54) is 5.57 Å². The van der Waals surface area contributed by atoms with E-state index < -0.39 is 0 Å². The molecule has 2 aromatic carbocycles. The monoisotopic (exact) mass is 510 g/mol. The number of amides is 1. The van der Waals surface area contributed by atoms with Crippen molar-refractivity contribution >= 4 is 23.2 Å². The Kier molecular flexibility index (Phi) is 10.8. The molecular weight excluding hydrogens is 468 g/mol. The number of piperazine rings is 1. The van der Waals surface area contributed by atoms with E-state index in [0.29, 0.717) is 18.8 Å². The van der Waals surface area contributed by atoms with Gasteiger partial charge in [-0.3, -0.25) is 4.79 Å². The van der Waals surface area contributed by atoms with Crippen LogP contribution in [0.15, 0.2) is 94.1 Å². The maximum absolute atomic E-state index is 14.0. The second-order valence-corrected chi connectivity index (χ2v) is 9.79. The number of aliphatic imine (C=N–C) groups is 2. The van der Waals surface area contributed by atoms with Gasteiger partial charge in [-0.25, -0.2) is 9.98 Å². The van der Waals surface area contributed by atoms with Gasteiger partial charge in [0.2, 0.25) is 0 Å². The minimum absolute atomic E-state index is 0.0223. The molecule has 2 aromatic rings. The molecule has 0 radical (unpaired) electrons. The van der Waals surface area contributed by atoms with Crippen LogP contribution in [0.5, 0.6) is 0 Å². The van der Waals surface area contributed by atoms with Crippen molar-refractivity contribution in [3.05, 3.63) is 101 Å². The number of carbonyl (C=O) groups excluding carboxylic acids is 1. The lowest BCUT2D eigenvalue weighted by molar-refractivity contribution is -0.125. The molecule has 1 fully saturated rings.